The summed E-state index contributed by atoms with van der Waals surface area (Å²) in [5, 5.41) is 9.85. The molecule has 0 saturated heterocycles. The molecule has 0 amide bonds. The molecule has 1 heterocycles. The second-order valence-corrected chi connectivity index (χ2v) is 5.05. The van der Waals surface area contributed by atoms with Gasteiger partial charge in [0.05, 0.1) is 6.26 Å². The summed E-state index contributed by atoms with van der Waals surface area (Å²) in [6.45, 7) is 4.09. The van der Waals surface area contributed by atoms with Crippen LogP contribution >= 0.6 is 0 Å². The van der Waals surface area contributed by atoms with Gasteiger partial charge in [-0.2, -0.15) is 0 Å². The van der Waals surface area contributed by atoms with Crippen LogP contribution in [0.5, 0.6) is 5.75 Å². The Morgan fingerprint density at radius 3 is 2.76 bits per heavy atom. The first-order valence-electron chi connectivity index (χ1n) is 6.77. The Kier molecular flexibility index (Phi) is 4.77. The minimum Gasteiger partial charge on any atom is -0.507 e. The van der Waals surface area contributed by atoms with Gasteiger partial charge in [0.25, 0.3) is 0 Å². The number of carbonyl (C=O) groups is 1. The molecule has 0 spiro atoms. The number of hydrogen-bond acceptors (Lipinski definition) is 3. The smallest absolute Gasteiger partial charge is 0.221 e. The van der Waals surface area contributed by atoms with E-state index in [0.29, 0.717) is 5.56 Å². The highest BCUT2D eigenvalue weighted by Crippen LogP contribution is 2.21. The molecule has 1 aromatic carbocycles. The molecule has 0 unspecified atom stereocenters. The second kappa shape index (κ2) is 6.75. The molecule has 3 nitrogen and oxygen atoms in total. The first-order chi connectivity index (χ1) is 10.1. The van der Waals surface area contributed by atoms with E-state index >= 15 is 0 Å². The Morgan fingerprint density at radius 1 is 1.29 bits per heavy atom. The van der Waals surface area contributed by atoms with E-state index in [0.717, 1.165) is 12.0 Å². The first kappa shape index (κ1) is 14.9. The van der Waals surface area contributed by atoms with E-state index in [4.69, 9.17) is 4.42 Å². The van der Waals surface area contributed by atoms with Gasteiger partial charge in [-0.25, -0.2) is 0 Å². The third-order valence-corrected chi connectivity index (χ3v) is 3.02. The predicted octanol–water partition coefficient (Wildman–Crippen LogP) is 4.39. The second-order valence-electron chi connectivity index (χ2n) is 5.05. The lowest BCUT2D eigenvalue weighted by Crippen LogP contribution is -1.91. The minimum absolute atomic E-state index is 0.152. The lowest BCUT2D eigenvalue weighted by atomic mass is 10.0. The highest BCUT2D eigenvalue weighted by Gasteiger charge is 2.05. The molecule has 2 aromatic rings. The van der Waals surface area contributed by atoms with Gasteiger partial charge >= 0.3 is 0 Å². The molecule has 1 N–H and O–H groups in total. The van der Waals surface area contributed by atoms with Gasteiger partial charge in [-0.15, -0.1) is 0 Å². The van der Waals surface area contributed by atoms with Gasteiger partial charge in [-0.3, -0.25) is 4.79 Å². The van der Waals surface area contributed by atoms with Crippen LogP contribution in [0.3, 0.4) is 0 Å². The monoisotopic (exact) mass is 282 g/mol. The molecule has 0 aliphatic carbocycles. The third kappa shape index (κ3) is 4.21. The number of ketones is 1. The largest absolute Gasteiger partial charge is 0.507 e. The molecular formula is C18H18O3. The van der Waals surface area contributed by atoms with Crippen molar-refractivity contribution in [3.8, 4) is 5.75 Å². The Morgan fingerprint density at radius 2 is 2.10 bits per heavy atom. The zero-order valence-corrected chi connectivity index (χ0v) is 12.2. The number of phenolic OH excluding ortho intramolecular Hbond substituents is 1. The van der Waals surface area contributed by atoms with Crippen molar-refractivity contribution in [1.29, 1.82) is 0 Å². The summed E-state index contributed by atoms with van der Waals surface area (Å²) >= 11 is 0. The van der Waals surface area contributed by atoms with Crippen molar-refractivity contribution in [2.24, 2.45) is 0 Å². The van der Waals surface area contributed by atoms with Crippen LogP contribution in [0.15, 0.2) is 58.7 Å². The summed E-state index contributed by atoms with van der Waals surface area (Å²) in [6.07, 6.45) is 7.38. The van der Waals surface area contributed by atoms with E-state index in [1.54, 1.807) is 24.3 Å². The maximum atomic E-state index is 11.8. The van der Waals surface area contributed by atoms with Crippen molar-refractivity contribution >= 4 is 11.9 Å². The van der Waals surface area contributed by atoms with Gasteiger partial charge in [-0.05, 0) is 62.2 Å². The first-order valence-corrected chi connectivity index (χ1v) is 6.77. The molecule has 3 heteroatoms. The molecule has 0 atom stereocenters. The zero-order valence-electron chi connectivity index (χ0n) is 12.2. The number of allylic oxidation sites excluding steroid dienone is 3. The van der Waals surface area contributed by atoms with Gasteiger partial charge < -0.3 is 9.52 Å². The minimum atomic E-state index is -0.228. The van der Waals surface area contributed by atoms with E-state index in [9.17, 15) is 9.90 Å². The molecule has 2 rings (SSSR count). The predicted molar refractivity (Wildman–Crippen MR) is 83.3 cm³/mol. The molecular weight excluding hydrogens is 264 g/mol. The maximum absolute atomic E-state index is 11.8. The highest BCUT2D eigenvalue weighted by atomic mass is 16.3. The Balaban J connectivity index is 2.17. The molecule has 0 radical (unpaired) electrons. The highest BCUT2D eigenvalue weighted by molar-refractivity contribution is 6.04. The summed E-state index contributed by atoms with van der Waals surface area (Å²) in [4.78, 5) is 11.8. The number of carbonyl (C=O) groups excluding carboxylic acids is 1. The Labute approximate surface area is 124 Å². The van der Waals surface area contributed by atoms with Crippen LogP contribution in [0.4, 0.5) is 0 Å². The summed E-state index contributed by atoms with van der Waals surface area (Å²) in [5.74, 6) is 0.208. The Bertz CT molecular complexity index is 672. The summed E-state index contributed by atoms with van der Waals surface area (Å²) in [5.41, 5.74) is 2.95. The van der Waals surface area contributed by atoms with Crippen molar-refractivity contribution in [2.45, 2.75) is 20.3 Å². The molecule has 0 saturated carbocycles. The van der Waals surface area contributed by atoms with Gasteiger partial charge in [-0.1, -0.05) is 17.7 Å². The number of hydrogen-bond donors (Lipinski definition) is 1. The van der Waals surface area contributed by atoms with Crippen molar-refractivity contribution in [1.82, 2.24) is 0 Å². The van der Waals surface area contributed by atoms with Crippen molar-refractivity contribution in [2.75, 3.05) is 0 Å². The van der Waals surface area contributed by atoms with Gasteiger partial charge in [0, 0.05) is 5.56 Å². The van der Waals surface area contributed by atoms with Crippen LogP contribution in [0.25, 0.3) is 6.08 Å². The average Bonchev–Trinajstić information content (AvgIpc) is 2.98. The molecule has 21 heavy (non-hydrogen) atoms. The van der Waals surface area contributed by atoms with E-state index in [-0.39, 0.29) is 17.3 Å². The topological polar surface area (TPSA) is 50.4 Å². The molecule has 0 aliphatic rings. The zero-order chi connectivity index (χ0) is 15.2. The summed E-state index contributed by atoms with van der Waals surface area (Å²) in [7, 11) is 0. The number of furan rings is 1. The lowest BCUT2D eigenvalue weighted by Gasteiger charge is -2.03. The number of rotatable bonds is 5. The normalized spacial score (nSPS) is 10.8. The summed E-state index contributed by atoms with van der Waals surface area (Å²) in [6, 6.07) is 8.67. The third-order valence-electron chi connectivity index (χ3n) is 3.02. The van der Waals surface area contributed by atoms with Crippen LogP contribution in [0.1, 0.15) is 35.5 Å². The fraction of sp³-hybridized carbons (Fsp3) is 0.167. The van der Waals surface area contributed by atoms with Crippen LogP contribution < -0.4 is 0 Å². The van der Waals surface area contributed by atoms with Gasteiger partial charge in [0.2, 0.25) is 5.78 Å². The Hall–Kier alpha value is -2.55. The standard InChI is InChI=1S/C18H18O3/c1-13(2)5-6-14-7-9-16(19)15(12-14)8-10-17(20)18-4-3-11-21-18/h3-5,7-12,19H,6H2,1-2H3/b10-8+. The van der Waals surface area contributed by atoms with Gasteiger partial charge in [0.15, 0.2) is 5.76 Å². The fourth-order valence-electron chi connectivity index (χ4n) is 1.85. The fourth-order valence-corrected chi connectivity index (χ4v) is 1.85. The van der Waals surface area contributed by atoms with Crippen molar-refractivity contribution in [3.05, 3.63) is 71.2 Å². The van der Waals surface area contributed by atoms with Crippen molar-refractivity contribution < 1.29 is 14.3 Å². The van der Waals surface area contributed by atoms with E-state index < -0.39 is 0 Å². The molecule has 108 valence electrons. The van der Waals surface area contributed by atoms with Crippen LogP contribution in [0.2, 0.25) is 0 Å². The van der Waals surface area contributed by atoms with E-state index in [1.165, 1.54) is 17.9 Å². The van der Waals surface area contributed by atoms with Crippen LogP contribution in [-0.2, 0) is 6.42 Å². The summed E-state index contributed by atoms with van der Waals surface area (Å²) < 4.78 is 5.03. The number of aromatic hydroxyl groups is 1. The molecule has 0 fully saturated rings. The van der Waals surface area contributed by atoms with E-state index in [1.807, 2.05) is 26.0 Å². The van der Waals surface area contributed by atoms with Gasteiger partial charge in [0.1, 0.15) is 5.75 Å². The number of phenols is 1. The molecule has 0 aliphatic heterocycles. The molecule has 0 bridgehead atoms. The van der Waals surface area contributed by atoms with Crippen LogP contribution in [-0.4, -0.2) is 10.9 Å². The SMILES string of the molecule is CC(C)=CCc1ccc(O)c(/C=C/C(=O)c2ccco2)c1. The quantitative estimate of drug-likeness (QED) is 0.502. The van der Waals surface area contributed by atoms with E-state index in [2.05, 4.69) is 6.08 Å². The average molecular weight is 282 g/mol. The van der Waals surface area contributed by atoms with Crippen LogP contribution in [0, 0.1) is 0 Å². The lowest BCUT2D eigenvalue weighted by molar-refractivity contribution is 0.102. The maximum Gasteiger partial charge on any atom is 0.221 e. The molecule has 1 aromatic heterocycles. The number of benzene rings is 1. The van der Waals surface area contributed by atoms with Crippen molar-refractivity contribution in [3.63, 3.8) is 0 Å².